The molecule has 0 bridgehead atoms. The Morgan fingerprint density at radius 3 is 2.16 bits per heavy atom. The van der Waals surface area contributed by atoms with Crippen molar-refractivity contribution in [2.45, 2.75) is 25.7 Å². The second kappa shape index (κ2) is 9.84. The van der Waals surface area contributed by atoms with E-state index in [-0.39, 0.29) is 24.6 Å². The summed E-state index contributed by atoms with van der Waals surface area (Å²) in [6.45, 7) is 0.914. The van der Waals surface area contributed by atoms with E-state index in [1.807, 2.05) is 12.1 Å². The lowest BCUT2D eigenvalue weighted by molar-refractivity contribution is -0.140. The summed E-state index contributed by atoms with van der Waals surface area (Å²) in [5, 5.41) is 11.3. The lowest BCUT2D eigenvalue weighted by atomic mass is 9.88. The van der Waals surface area contributed by atoms with Gasteiger partial charge in [-0.25, -0.2) is 0 Å². The molecule has 0 radical (unpaired) electrons. The van der Waals surface area contributed by atoms with E-state index in [4.69, 9.17) is 9.47 Å². The average molecular weight is 527 g/mol. The van der Waals surface area contributed by atoms with Crippen molar-refractivity contribution in [3.63, 3.8) is 0 Å². The molecule has 0 saturated carbocycles. The molecule has 0 aliphatic carbocycles. The van der Waals surface area contributed by atoms with Crippen LogP contribution < -0.4 is 9.47 Å². The van der Waals surface area contributed by atoms with Gasteiger partial charge in [0.15, 0.2) is 5.69 Å². The quantitative estimate of drug-likeness (QED) is 0.362. The van der Waals surface area contributed by atoms with Gasteiger partial charge in [-0.3, -0.25) is 9.48 Å². The van der Waals surface area contributed by atoms with Crippen LogP contribution in [-0.4, -0.2) is 56.1 Å². The van der Waals surface area contributed by atoms with Crippen LogP contribution in [-0.2, 0) is 32.7 Å². The van der Waals surface area contributed by atoms with Crippen LogP contribution in [0.15, 0.2) is 49.2 Å². The molecule has 38 heavy (non-hydrogen) atoms. The van der Waals surface area contributed by atoms with Gasteiger partial charge in [-0.1, -0.05) is 0 Å². The zero-order chi connectivity index (χ0) is 27.0. The van der Waals surface area contributed by atoms with Gasteiger partial charge in [0.1, 0.15) is 24.2 Å². The SMILES string of the molecule is COc1cc(CN2CCc3c(cc(Cn4cnnc4)cc3-c3cn(C)nc3C(F)(F)F)C2=O)cc(OC)c1. The molecule has 2 aromatic carbocycles. The van der Waals surface area contributed by atoms with E-state index in [9.17, 15) is 18.0 Å². The summed E-state index contributed by atoms with van der Waals surface area (Å²) in [6, 6.07) is 8.82. The van der Waals surface area contributed by atoms with Gasteiger partial charge in [-0.15, -0.1) is 10.2 Å². The number of carbonyl (C=O) groups excluding carboxylic acids is 1. The van der Waals surface area contributed by atoms with Crippen molar-refractivity contribution >= 4 is 5.91 Å². The summed E-state index contributed by atoms with van der Waals surface area (Å²) < 4.78 is 55.2. The Kier molecular flexibility index (Phi) is 6.55. The molecule has 0 spiro atoms. The number of methoxy groups -OCH3 is 2. The van der Waals surface area contributed by atoms with Gasteiger partial charge in [0.2, 0.25) is 0 Å². The van der Waals surface area contributed by atoms with Gasteiger partial charge in [0.25, 0.3) is 5.91 Å². The summed E-state index contributed by atoms with van der Waals surface area (Å²) >= 11 is 0. The number of hydrogen-bond donors (Lipinski definition) is 0. The Labute approximate surface area is 216 Å². The normalized spacial score (nSPS) is 13.5. The molecule has 5 rings (SSSR count). The number of carbonyl (C=O) groups is 1. The highest BCUT2D eigenvalue weighted by Gasteiger charge is 2.39. The van der Waals surface area contributed by atoms with Crippen LogP contribution in [0, 0.1) is 0 Å². The molecular formula is C26H25F3N6O3. The van der Waals surface area contributed by atoms with Gasteiger partial charge < -0.3 is 18.9 Å². The second-order valence-corrected chi connectivity index (χ2v) is 9.06. The smallest absolute Gasteiger partial charge is 0.435 e. The number of fused-ring (bicyclic) bond motifs is 1. The molecule has 0 saturated heterocycles. The summed E-state index contributed by atoms with van der Waals surface area (Å²) in [7, 11) is 4.54. The first kappa shape index (κ1) is 25.3. The number of aryl methyl sites for hydroxylation is 1. The molecule has 198 valence electrons. The van der Waals surface area contributed by atoms with Crippen LogP contribution in [0.1, 0.15) is 32.7 Å². The fourth-order valence-corrected chi connectivity index (χ4v) is 4.78. The fourth-order valence-electron chi connectivity index (χ4n) is 4.78. The number of amides is 1. The zero-order valence-corrected chi connectivity index (χ0v) is 21.0. The molecule has 4 aromatic rings. The monoisotopic (exact) mass is 526 g/mol. The van der Waals surface area contributed by atoms with E-state index in [0.29, 0.717) is 46.7 Å². The molecule has 0 atom stereocenters. The highest BCUT2D eigenvalue weighted by atomic mass is 19.4. The number of halogens is 3. The third-order valence-electron chi connectivity index (χ3n) is 6.46. The van der Waals surface area contributed by atoms with E-state index < -0.39 is 11.9 Å². The van der Waals surface area contributed by atoms with E-state index in [1.165, 1.54) is 25.9 Å². The topological polar surface area (TPSA) is 87.3 Å². The maximum atomic E-state index is 13.9. The number of nitrogens with zero attached hydrogens (tertiary/aromatic N) is 6. The van der Waals surface area contributed by atoms with Crippen molar-refractivity contribution in [1.29, 1.82) is 0 Å². The molecule has 1 amide bonds. The Morgan fingerprint density at radius 2 is 1.53 bits per heavy atom. The lowest BCUT2D eigenvalue weighted by Crippen LogP contribution is -2.37. The van der Waals surface area contributed by atoms with Gasteiger partial charge in [-0.05, 0) is 52.9 Å². The van der Waals surface area contributed by atoms with Crippen LogP contribution in [0.3, 0.4) is 0 Å². The van der Waals surface area contributed by atoms with E-state index in [0.717, 1.165) is 10.2 Å². The van der Waals surface area contributed by atoms with Gasteiger partial charge in [-0.2, -0.15) is 18.3 Å². The third-order valence-corrected chi connectivity index (χ3v) is 6.46. The summed E-state index contributed by atoms with van der Waals surface area (Å²) in [5.74, 6) is 0.926. The minimum atomic E-state index is -4.65. The number of benzene rings is 2. The highest BCUT2D eigenvalue weighted by Crippen LogP contribution is 2.40. The molecule has 3 heterocycles. The number of hydrogen-bond acceptors (Lipinski definition) is 6. The Bertz CT molecular complexity index is 1460. The van der Waals surface area contributed by atoms with Crippen molar-refractivity contribution in [2.75, 3.05) is 20.8 Å². The first-order valence-corrected chi connectivity index (χ1v) is 11.8. The summed E-state index contributed by atoms with van der Waals surface area (Å²) in [6.07, 6.45) is 0.101. The second-order valence-electron chi connectivity index (χ2n) is 9.06. The third kappa shape index (κ3) is 4.93. The van der Waals surface area contributed by atoms with Crippen molar-refractivity contribution in [1.82, 2.24) is 29.4 Å². The standard InChI is InChI=1S/C26H25F3N6O3/c1-33-13-23(24(32-33)26(27,28)29)21-8-17(11-34-14-30-31-15-34)9-22-20(21)4-5-35(25(22)36)12-16-6-18(37-2)10-19(7-16)38-3/h6-10,13-15H,4-5,11-12H2,1-3H3. The Balaban J connectivity index is 1.58. The van der Waals surface area contributed by atoms with Crippen molar-refractivity contribution in [3.8, 4) is 22.6 Å². The number of aromatic nitrogens is 5. The number of ether oxygens (including phenoxy) is 2. The maximum Gasteiger partial charge on any atom is 0.435 e. The number of alkyl halides is 3. The predicted octanol–water partition coefficient (Wildman–Crippen LogP) is 3.96. The summed E-state index contributed by atoms with van der Waals surface area (Å²) in [5.41, 5.74) is 1.70. The van der Waals surface area contributed by atoms with Crippen LogP contribution in [0.25, 0.3) is 11.1 Å². The Hall–Kier alpha value is -4.35. The molecule has 1 aliphatic heterocycles. The van der Waals surface area contributed by atoms with Crippen molar-refractivity contribution in [2.24, 2.45) is 7.05 Å². The minimum absolute atomic E-state index is 0.0550. The fraction of sp³-hybridized carbons (Fsp3) is 0.308. The lowest BCUT2D eigenvalue weighted by Gasteiger charge is -2.31. The van der Waals surface area contributed by atoms with Gasteiger partial charge in [0.05, 0.1) is 20.8 Å². The van der Waals surface area contributed by atoms with E-state index in [1.54, 1.807) is 41.9 Å². The molecular weight excluding hydrogens is 501 g/mol. The zero-order valence-electron chi connectivity index (χ0n) is 21.0. The van der Waals surface area contributed by atoms with Gasteiger partial charge in [0, 0.05) is 43.5 Å². The first-order valence-electron chi connectivity index (χ1n) is 11.8. The number of rotatable bonds is 7. The van der Waals surface area contributed by atoms with E-state index >= 15 is 0 Å². The molecule has 1 aliphatic rings. The molecule has 0 N–H and O–H groups in total. The average Bonchev–Trinajstić information content (AvgIpc) is 3.54. The molecule has 0 fully saturated rings. The molecule has 9 nitrogen and oxygen atoms in total. The molecule has 12 heteroatoms. The Morgan fingerprint density at radius 1 is 0.895 bits per heavy atom. The predicted molar refractivity (Wildman–Crippen MR) is 131 cm³/mol. The van der Waals surface area contributed by atoms with Crippen molar-refractivity contribution < 1.29 is 27.4 Å². The highest BCUT2D eigenvalue weighted by molar-refractivity contribution is 5.99. The van der Waals surface area contributed by atoms with Crippen LogP contribution in [0.2, 0.25) is 0 Å². The van der Waals surface area contributed by atoms with E-state index in [2.05, 4.69) is 15.3 Å². The van der Waals surface area contributed by atoms with Crippen LogP contribution >= 0.6 is 0 Å². The van der Waals surface area contributed by atoms with Gasteiger partial charge >= 0.3 is 6.18 Å². The van der Waals surface area contributed by atoms with Crippen LogP contribution in [0.5, 0.6) is 11.5 Å². The summed E-state index contributed by atoms with van der Waals surface area (Å²) in [4.78, 5) is 15.4. The maximum absolute atomic E-state index is 13.9. The molecule has 2 aromatic heterocycles. The largest absolute Gasteiger partial charge is 0.497 e. The van der Waals surface area contributed by atoms with Crippen LogP contribution in [0.4, 0.5) is 13.2 Å². The van der Waals surface area contributed by atoms with Crippen molar-refractivity contribution in [3.05, 3.63) is 77.1 Å². The molecule has 0 unspecified atom stereocenters. The first-order chi connectivity index (χ1) is 18.2. The minimum Gasteiger partial charge on any atom is -0.497 e.